The van der Waals surface area contributed by atoms with Crippen molar-refractivity contribution < 1.29 is 5.11 Å². The predicted molar refractivity (Wildman–Crippen MR) is 94.3 cm³/mol. The first-order chi connectivity index (χ1) is 11.2. The molecule has 1 fully saturated rings. The molecule has 23 heavy (non-hydrogen) atoms. The van der Waals surface area contributed by atoms with Crippen LogP contribution in [0.5, 0.6) is 0 Å². The molecule has 2 heterocycles. The topological polar surface area (TPSA) is 58.0 Å². The number of hydrogen-bond acceptors (Lipinski definition) is 5. The van der Waals surface area contributed by atoms with Crippen molar-refractivity contribution >= 4 is 38.8 Å². The van der Waals surface area contributed by atoms with Crippen molar-refractivity contribution in [2.75, 3.05) is 11.9 Å². The highest BCUT2D eigenvalue weighted by atomic mass is 35.5. The minimum absolute atomic E-state index is 0.393. The van der Waals surface area contributed by atoms with Crippen molar-refractivity contribution in [1.29, 1.82) is 0 Å². The Morgan fingerprint density at radius 3 is 2.87 bits per heavy atom. The number of nitrogens with one attached hydrogen (secondary N) is 1. The lowest BCUT2D eigenvalue weighted by molar-refractivity contribution is 0.195. The maximum absolute atomic E-state index is 10.4. The van der Waals surface area contributed by atoms with E-state index in [4.69, 9.17) is 11.6 Å². The number of anilines is 1. The largest absolute Gasteiger partial charge is 0.386 e. The van der Waals surface area contributed by atoms with Crippen LogP contribution in [-0.4, -0.2) is 21.6 Å². The zero-order valence-corrected chi connectivity index (χ0v) is 13.9. The number of fused-ring (bicyclic) bond motifs is 1. The number of thiophene rings is 1. The summed E-state index contributed by atoms with van der Waals surface area (Å²) < 4.78 is 1.18. The molecule has 0 radical (unpaired) electrons. The Labute approximate surface area is 143 Å². The highest BCUT2D eigenvalue weighted by Crippen LogP contribution is 2.38. The van der Waals surface area contributed by atoms with E-state index < -0.39 is 6.10 Å². The Morgan fingerprint density at radius 1 is 1.26 bits per heavy atom. The van der Waals surface area contributed by atoms with Gasteiger partial charge in [-0.05, 0) is 30.4 Å². The standard InChI is InChI=1S/C17H16ClN3OS/c18-15-8-16(21-17(20-15)10-5-6-10)19-9-12(22)14-7-11-3-1-2-4-13(11)23-14/h1-4,7-8,10,12,22H,5-6,9H2,(H,19,20,21). The predicted octanol–water partition coefficient (Wildman–Crippen LogP) is 4.37. The number of aliphatic hydroxyl groups excluding tert-OH is 1. The first-order valence-electron chi connectivity index (χ1n) is 7.64. The maximum Gasteiger partial charge on any atom is 0.135 e. The lowest BCUT2D eigenvalue weighted by Crippen LogP contribution is -2.12. The van der Waals surface area contributed by atoms with E-state index in [9.17, 15) is 5.11 Å². The van der Waals surface area contributed by atoms with Crippen molar-refractivity contribution in [3.05, 3.63) is 52.3 Å². The van der Waals surface area contributed by atoms with Gasteiger partial charge in [0, 0.05) is 28.1 Å². The highest BCUT2D eigenvalue weighted by Gasteiger charge is 2.27. The third-order valence-electron chi connectivity index (χ3n) is 3.90. The fourth-order valence-electron chi connectivity index (χ4n) is 2.52. The summed E-state index contributed by atoms with van der Waals surface area (Å²) in [6.45, 7) is 0.393. The minimum Gasteiger partial charge on any atom is -0.386 e. The van der Waals surface area contributed by atoms with Crippen LogP contribution in [0.3, 0.4) is 0 Å². The van der Waals surface area contributed by atoms with Gasteiger partial charge in [-0.15, -0.1) is 11.3 Å². The number of rotatable bonds is 5. The van der Waals surface area contributed by atoms with Crippen LogP contribution in [-0.2, 0) is 0 Å². The SMILES string of the molecule is OC(CNc1cc(Cl)nc(C2CC2)n1)c1cc2ccccc2s1. The van der Waals surface area contributed by atoms with Crippen LogP contribution in [0.1, 0.15) is 35.6 Å². The number of benzene rings is 1. The molecule has 0 spiro atoms. The molecule has 1 saturated carbocycles. The van der Waals surface area contributed by atoms with E-state index >= 15 is 0 Å². The summed E-state index contributed by atoms with van der Waals surface area (Å²) in [5, 5.41) is 15.2. The van der Waals surface area contributed by atoms with Crippen LogP contribution in [0, 0.1) is 0 Å². The van der Waals surface area contributed by atoms with E-state index in [1.165, 1.54) is 4.70 Å². The molecule has 0 amide bonds. The van der Waals surface area contributed by atoms with Gasteiger partial charge in [-0.25, -0.2) is 9.97 Å². The molecule has 4 nitrogen and oxygen atoms in total. The Bertz CT molecular complexity index is 814. The van der Waals surface area contributed by atoms with Gasteiger partial charge < -0.3 is 10.4 Å². The molecule has 4 rings (SSSR count). The summed E-state index contributed by atoms with van der Waals surface area (Å²) in [5.74, 6) is 1.92. The first-order valence-corrected chi connectivity index (χ1v) is 8.83. The van der Waals surface area contributed by atoms with Crippen molar-refractivity contribution in [3.8, 4) is 0 Å². The normalized spacial score (nSPS) is 15.7. The molecule has 0 saturated heterocycles. The van der Waals surface area contributed by atoms with Crippen LogP contribution >= 0.6 is 22.9 Å². The van der Waals surface area contributed by atoms with Crippen molar-refractivity contribution in [2.45, 2.75) is 24.9 Å². The summed E-state index contributed by atoms with van der Waals surface area (Å²) in [5.41, 5.74) is 0. The summed E-state index contributed by atoms with van der Waals surface area (Å²) in [6, 6.07) is 11.9. The molecule has 1 unspecified atom stereocenters. The Morgan fingerprint density at radius 2 is 2.09 bits per heavy atom. The van der Waals surface area contributed by atoms with E-state index in [0.29, 0.717) is 23.4 Å². The van der Waals surface area contributed by atoms with Gasteiger partial charge >= 0.3 is 0 Å². The second kappa shape index (κ2) is 6.07. The fourth-order valence-corrected chi connectivity index (χ4v) is 3.76. The third kappa shape index (κ3) is 3.32. The van der Waals surface area contributed by atoms with E-state index in [1.807, 2.05) is 18.2 Å². The van der Waals surface area contributed by atoms with Crippen LogP contribution in [0.2, 0.25) is 5.15 Å². The molecule has 2 aromatic heterocycles. The molecule has 1 aliphatic rings. The van der Waals surface area contributed by atoms with Gasteiger partial charge in [-0.1, -0.05) is 29.8 Å². The number of halogens is 1. The Balaban J connectivity index is 1.47. The average molecular weight is 346 g/mol. The molecule has 0 bridgehead atoms. The smallest absolute Gasteiger partial charge is 0.135 e. The van der Waals surface area contributed by atoms with Gasteiger partial charge in [0.25, 0.3) is 0 Å². The number of aromatic nitrogens is 2. The second-order valence-electron chi connectivity index (χ2n) is 5.79. The van der Waals surface area contributed by atoms with Crippen LogP contribution < -0.4 is 5.32 Å². The van der Waals surface area contributed by atoms with E-state index in [0.717, 1.165) is 28.9 Å². The van der Waals surface area contributed by atoms with Crippen molar-refractivity contribution in [3.63, 3.8) is 0 Å². The number of hydrogen-bond donors (Lipinski definition) is 2. The van der Waals surface area contributed by atoms with Crippen LogP contribution in [0.15, 0.2) is 36.4 Å². The van der Waals surface area contributed by atoms with E-state index in [1.54, 1.807) is 17.4 Å². The molecule has 0 aliphatic heterocycles. The number of aliphatic hydroxyl groups is 1. The monoisotopic (exact) mass is 345 g/mol. The Kier molecular flexibility index (Phi) is 3.93. The lowest BCUT2D eigenvalue weighted by Gasteiger charge is -2.11. The van der Waals surface area contributed by atoms with Crippen LogP contribution in [0.4, 0.5) is 5.82 Å². The molecule has 1 aliphatic carbocycles. The molecule has 6 heteroatoms. The summed E-state index contributed by atoms with van der Waals surface area (Å²) in [6.07, 6.45) is 1.68. The molecule has 118 valence electrons. The van der Waals surface area contributed by atoms with Gasteiger partial charge in [0.05, 0.1) is 0 Å². The minimum atomic E-state index is -0.578. The summed E-state index contributed by atoms with van der Waals surface area (Å²) in [7, 11) is 0. The van der Waals surface area contributed by atoms with Crippen LogP contribution in [0.25, 0.3) is 10.1 Å². The van der Waals surface area contributed by atoms with Gasteiger partial charge in [0.1, 0.15) is 22.9 Å². The molecule has 2 N–H and O–H groups in total. The van der Waals surface area contributed by atoms with Crippen molar-refractivity contribution in [1.82, 2.24) is 9.97 Å². The molecular formula is C17H16ClN3OS. The lowest BCUT2D eigenvalue weighted by atomic mass is 10.2. The van der Waals surface area contributed by atoms with Gasteiger partial charge in [0.2, 0.25) is 0 Å². The quantitative estimate of drug-likeness (QED) is 0.674. The maximum atomic E-state index is 10.4. The number of nitrogens with zero attached hydrogens (tertiary/aromatic N) is 2. The fraction of sp³-hybridized carbons (Fsp3) is 0.294. The zero-order chi connectivity index (χ0) is 15.8. The third-order valence-corrected chi connectivity index (χ3v) is 5.32. The molecule has 1 atom stereocenters. The molecule has 3 aromatic rings. The van der Waals surface area contributed by atoms with E-state index in [-0.39, 0.29) is 0 Å². The zero-order valence-electron chi connectivity index (χ0n) is 12.4. The van der Waals surface area contributed by atoms with E-state index in [2.05, 4.69) is 27.4 Å². The van der Waals surface area contributed by atoms with Gasteiger partial charge in [-0.2, -0.15) is 0 Å². The van der Waals surface area contributed by atoms with Gasteiger partial charge in [0.15, 0.2) is 0 Å². The molecule has 1 aromatic carbocycles. The van der Waals surface area contributed by atoms with Crippen molar-refractivity contribution in [2.24, 2.45) is 0 Å². The molecular weight excluding hydrogens is 330 g/mol. The van der Waals surface area contributed by atoms with Gasteiger partial charge in [-0.3, -0.25) is 0 Å². The highest BCUT2D eigenvalue weighted by molar-refractivity contribution is 7.19. The average Bonchev–Trinajstić information content (AvgIpc) is 3.31. The second-order valence-corrected chi connectivity index (χ2v) is 7.29. The summed E-state index contributed by atoms with van der Waals surface area (Å²) in [4.78, 5) is 9.70. The Hall–Kier alpha value is -1.69. The summed E-state index contributed by atoms with van der Waals surface area (Å²) >= 11 is 7.67. The first kappa shape index (κ1) is 14.9.